The summed E-state index contributed by atoms with van der Waals surface area (Å²) < 4.78 is 0. The monoisotopic (exact) mass is 235 g/mol. The first-order valence-electron chi connectivity index (χ1n) is 5.18. The first kappa shape index (κ1) is 11.2. The van der Waals surface area contributed by atoms with Crippen LogP contribution in [0.4, 0.5) is 0 Å². The summed E-state index contributed by atoms with van der Waals surface area (Å²) in [4.78, 5) is 15.4. The maximum Gasteiger partial charge on any atom is 0.235 e. The van der Waals surface area contributed by atoms with E-state index in [0.717, 1.165) is 29.7 Å². The average molecular weight is 235 g/mol. The topological polar surface area (TPSA) is 49.7 Å². The van der Waals surface area contributed by atoms with Gasteiger partial charge in [-0.3, -0.25) is 0 Å². The summed E-state index contributed by atoms with van der Waals surface area (Å²) in [6.07, 6.45) is 6.27. The van der Waals surface area contributed by atoms with Crippen LogP contribution in [0.5, 0.6) is 5.75 Å². The van der Waals surface area contributed by atoms with E-state index in [1.54, 1.807) is 23.9 Å². The molecule has 0 bridgehead atoms. The minimum Gasteiger partial charge on any atom is -0.508 e. The number of aromatic hydroxyl groups is 1. The summed E-state index contributed by atoms with van der Waals surface area (Å²) >= 11 is 1.61. The molecular weight excluding hydrogens is 222 g/mol. The van der Waals surface area contributed by atoms with E-state index in [4.69, 9.17) is 0 Å². The van der Waals surface area contributed by atoms with E-state index in [9.17, 15) is 9.90 Å². The molecule has 1 saturated carbocycles. The van der Waals surface area contributed by atoms with Crippen LogP contribution in [0.25, 0.3) is 0 Å². The molecule has 0 saturated heterocycles. The van der Waals surface area contributed by atoms with Crippen LogP contribution in [0, 0.1) is 0 Å². The lowest BCUT2D eigenvalue weighted by molar-refractivity contribution is 0.247. The van der Waals surface area contributed by atoms with E-state index < -0.39 is 5.54 Å². The van der Waals surface area contributed by atoms with Crippen molar-refractivity contribution in [1.29, 1.82) is 0 Å². The Morgan fingerprint density at radius 1 is 1.50 bits per heavy atom. The fourth-order valence-electron chi connectivity index (χ4n) is 2.06. The van der Waals surface area contributed by atoms with E-state index >= 15 is 0 Å². The van der Waals surface area contributed by atoms with Crippen LogP contribution in [-0.2, 0) is 10.3 Å². The van der Waals surface area contributed by atoms with Crippen molar-refractivity contribution in [3.05, 3.63) is 23.8 Å². The third kappa shape index (κ3) is 1.75. The number of aliphatic imine (C=N–C) groups is 1. The molecule has 0 atom stereocenters. The van der Waals surface area contributed by atoms with Gasteiger partial charge in [0, 0.05) is 10.5 Å². The zero-order valence-electron chi connectivity index (χ0n) is 9.06. The zero-order chi connectivity index (χ0) is 11.6. The Balaban J connectivity index is 2.48. The lowest BCUT2D eigenvalue weighted by Crippen LogP contribution is -2.31. The van der Waals surface area contributed by atoms with E-state index in [-0.39, 0.29) is 5.75 Å². The van der Waals surface area contributed by atoms with Gasteiger partial charge in [0.1, 0.15) is 11.3 Å². The highest BCUT2D eigenvalue weighted by molar-refractivity contribution is 7.98. The standard InChI is InChI=1S/C12H13NO2S/c1-16-9-3-4-11(15)10(7-9)12(13-8-14)5-2-6-12/h3-4,7,15H,2,5-6H2,1H3. The molecule has 84 valence electrons. The summed E-state index contributed by atoms with van der Waals surface area (Å²) in [6.45, 7) is 0. The summed E-state index contributed by atoms with van der Waals surface area (Å²) in [6, 6.07) is 5.45. The second-order valence-corrected chi connectivity index (χ2v) is 4.85. The predicted molar refractivity (Wildman–Crippen MR) is 63.5 cm³/mol. The molecule has 0 unspecified atom stereocenters. The first-order valence-corrected chi connectivity index (χ1v) is 6.41. The van der Waals surface area contributed by atoms with E-state index in [1.807, 2.05) is 18.4 Å². The van der Waals surface area contributed by atoms with Crippen molar-refractivity contribution in [3.63, 3.8) is 0 Å². The Bertz CT molecular complexity index is 448. The normalized spacial score (nSPS) is 17.3. The Morgan fingerprint density at radius 3 is 2.75 bits per heavy atom. The lowest BCUT2D eigenvalue weighted by atomic mass is 9.72. The van der Waals surface area contributed by atoms with Gasteiger partial charge in [-0.1, -0.05) is 0 Å². The molecule has 16 heavy (non-hydrogen) atoms. The Hall–Kier alpha value is -1.25. The molecule has 1 fully saturated rings. The van der Waals surface area contributed by atoms with Crippen molar-refractivity contribution in [2.24, 2.45) is 4.99 Å². The van der Waals surface area contributed by atoms with Gasteiger partial charge in [0.15, 0.2) is 0 Å². The van der Waals surface area contributed by atoms with Crippen molar-refractivity contribution in [3.8, 4) is 5.75 Å². The Kier molecular flexibility index (Phi) is 3.03. The highest BCUT2D eigenvalue weighted by atomic mass is 32.2. The van der Waals surface area contributed by atoms with Crippen molar-refractivity contribution in [2.45, 2.75) is 29.7 Å². The molecule has 0 aromatic heterocycles. The van der Waals surface area contributed by atoms with Crippen LogP contribution in [0.1, 0.15) is 24.8 Å². The molecule has 4 heteroatoms. The van der Waals surface area contributed by atoms with Gasteiger partial charge in [-0.25, -0.2) is 4.79 Å². The highest BCUT2D eigenvalue weighted by Crippen LogP contribution is 2.48. The third-order valence-electron chi connectivity index (χ3n) is 3.15. The van der Waals surface area contributed by atoms with Gasteiger partial charge >= 0.3 is 0 Å². The smallest absolute Gasteiger partial charge is 0.235 e. The Morgan fingerprint density at radius 2 is 2.25 bits per heavy atom. The van der Waals surface area contributed by atoms with Crippen molar-refractivity contribution in [1.82, 2.24) is 0 Å². The summed E-state index contributed by atoms with van der Waals surface area (Å²) in [5, 5.41) is 9.86. The minimum absolute atomic E-state index is 0.219. The number of hydrogen-bond donors (Lipinski definition) is 1. The number of nitrogens with zero attached hydrogens (tertiary/aromatic N) is 1. The number of rotatable bonds is 3. The van der Waals surface area contributed by atoms with E-state index in [0.29, 0.717) is 0 Å². The molecule has 1 aliphatic carbocycles. The molecule has 0 amide bonds. The van der Waals surface area contributed by atoms with Crippen LogP contribution >= 0.6 is 11.8 Å². The van der Waals surface area contributed by atoms with Gasteiger partial charge in [0.2, 0.25) is 6.08 Å². The van der Waals surface area contributed by atoms with Gasteiger partial charge in [-0.15, -0.1) is 11.8 Å². The molecule has 0 spiro atoms. The molecule has 0 aliphatic heterocycles. The molecule has 0 radical (unpaired) electrons. The first-order chi connectivity index (χ1) is 7.72. The third-order valence-corrected chi connectivity index (χ3v) is 3.87. The summed E-state index contributed by atoms with van der Waals surface area (Å²) in [5.74, 6) is 0.219. The lowest BCUT2D eigenvalue weighted by Gasteiger charge is -2.37. The minimum atomic E-state index is -0.516. The Labute approximate surface area is 98.6 Å². The number of thioether (sulfide) groups is 1. The van der Waals surface area contributed by atoms with Crippen LogP contribution in [0.2, 0.25) is 0 Å². The van der Waals surface area contributed by atoms with Crippen LogP contribution in [-0.4, -0.2) is 17.4 Å². The van der Waals surface area contributed by atoms with Crippen LogP contribution in [0.15, 0.2) is 28.1 Å². The summed E-state index contributed by atoms with van der Waals surface area (Å²) in [5.41, 5.74) is 0.242. The van der Waals surface area contributed by atoms with Crippen molar-refractivity contribution < 1.29 is 9.90 Å². The second kappa shape index (κ2) is 4.32. The van der Waals surface area contributed by atoms with Gasteiger partial charge in [-0.05, 0) is 43.7 Å². The average Bonchev–Trinajstić information content (AvgIpc) is 2.25. The van der Waals surface area contributed by atoms with Crippen molar-refractivity contribution in [2.75, 3.05) is 6.26 Å². The van der Waals surface area contributed by atoms with Crippen molar-refractivity contribution >= 4 is 17.8 Å². The number of hydrogen-bond acceptors (Lipinski definition) is 4. The fraction of sp³-hybridized carbons (Fsp3) is 0.417. The van der Waals surface area contributed by atoms with E-state index in [2.05, 4.69) is 4.99 Å². The maximum atomic E-state index is 10.5. The number of phenolic OH excluding ortho intramolecular Hbond substituents is 1. The quantitative estimate of drug-likeness (QED) is 0.498. The number of carbonyl (C=O) groups excluding carboxylic acids is 1. The van der Waals surface area contributed by atoms with E-state index in [1.165, 1.54) is 0 Å². The van der Waals surface area contributed by atoms with Gasteiger partial charge in [0.25, 0.3) is 0 Å². The SMILES string of the molecule is CSc1ccc(O)c(C2(N=C=O)CCC2)c1. The number of isocyanates is 1. The molecular formula is C12H13NO2S. The zero-order valence-corrected chi connectivity index (χ0v) is 9.88. The highest BCUT2D eigenvalue weighted by Gasteiger charge is 2.40. The summed E-state index contributed by atoms with van der Waals surface area (Å²) in [7, 11) is 0. The molecule has 1 aromatic carbocycles. The van der Waals surface area contributed by atoms with Crippen LogP contribution in [0.3, 0.4) is 0 Å². The van der Waals surface area contributed by atoms with Gasteiger partial charge in [-0.2, -0.15) is 4.99 Å². The second-order valence-electron chi connectivity index (χ2n) is 3.97. The number of benzene rings is 1. The largest absolute Gasteiger partial charge is 0.508 e. The predicted octanol–water partition coefficient (Wildman–Crippen LogP) is 2.83. The maximum absolute atomic E-state index is 10.5. The van der Waals surface area contributed by atoms with Gasteiger partial charge < -0.3 is 5.11 Å². The fourth-order valence-corrected chi connectivity index (χ4v) is 2.50. The van der Waals surface area contributed by atoms with Crippen LogP contribution < -0.4 is 0 Å². The number of phenols is 1. The molecule has 1 N–H and O–H groups in total. The molecule has 1 aromatic rings. The molecule has 0 heterocycles. The molecule has 2 rings (SSSR count). The van der Waals surface area contributed by atoms with Gasteiger partial charge in [0.05, 0.1) is 0 Å². The molecule has 3 nitrogen and oxygen atoms in total. The molecule has 1 aliphatic rings.